The van der Waals surface area contributed by atoms with Crippen LogP contribution in [-0.2, 0) is 20.7 Å². The van der Waals surface area contributed by atoms with Crippen molar-refractivity contribution < 1.29 is 23.8 Å². The smallest absolute Gasteiger partial charge is 0.313 e. The number of para-hydroxylation sites is 1. The van der Waals surface area contributed by atoms with Crippen molar-refractivity contribution in [1.82, 2.24) is 0 Å². The van der Waals surface area contributed by atoms with Crippen LogP contribution in [0.4, 0.5) is 0 Å². The maximum absolute atomic E-state index is 12.5. The first-order chi connectivity index (χ1) is 12.9. The molecular weight excluding hydrogens is 360 g/mol. The van der Waals surface area contributed by atoms with Crippen LogP contribution >= 0.6 is 0 Å². The first-order valence-electron chi connectivity index (χ1n) is 9.08. The number of phenolic OH excluding ortho intramolecular Hbond substituents is 1. The highest BCUT2D eigenvalue weighted by atomic mass is 28.4. The molecule has 0 fully saturated rings. The minimum atomic E-state index is -2.11. The summed E-state index contributed by atoms with van der Waals surface area (Å²) in [5.74, 6) is -0.295. The maximum atomic E-state index is 12.5. The van der Waals surface area contributed by atoms with Crippen LogP contribution in [0.1, 0.15) is 24.0 Å². The molecule has 0 bridgehead atoms. The Balaban J connectivity index is 2.30. The van der Waals surface area contributed by atoms with Crippen LogP contribution in [-0.4, -0.2) is 39.3 Å². The van der Waals surface area contributed by atoms with Crippen molar-refractivity contribution in [1.29, 1.82) is 0 Å². The maximum Gasteiger partial charge on any atom is 0.313 e. The Kier molecular flexibility index (Phi) is 7.44. The number of aromatic hydroxyl groups is 1. The molecule has 2 aromatic carbocycles. The zero-order chi connectivity index (χ0) is 19.9. The Labute approximate surface area is 162 Å². The largest absolute Gasteiger partial charge is 0.539 e. The summed E-state index contributed by atoms with van der Waals surface area (Å²) in [5.41, 5.74) is 1.51. The molecule has 1 atom stereocenters. The number of benzene rings is 2. The lowest BCUT2D eigenvalue weighted by Crippen LogP contribution is -2.40. The first kappa shape index (κ1) is 21.0. The van der Waals surface area contributed by atoms with E-state index < -0.39 is 14.2 Å². The second-order valence-electron chi connectivity index (χ2n) is 6.98. The lowest BCUT2D eigenvalue weighted by atomic mass is 9.91. The van der Waals surface area contributed by atoms with E-state index in [2.05, 4.69) is 0 Å². The molecule has 146 valence electrons. The van der Waals surface area contributed by atoms with E-state index in [1.807, 2.05) is 55.6 Å². The average molecular weight is 389 g/mol. The summed E-state index contributed by atoms with van der Waals surface area (Å²) < 4.78 is 16.5. The standard InChI is InChI=1S/C21H28O5Si/c1-5-25-21(23)18(16-10-7-6-8-11-16)14-17-12-9-13-19(20(17)22)26-27(3,4)15-24-2/h6-13,18,22H,5,14-15H2,1-4H3. The predicted octanol–water partition coefficient (Wildman–Crippen LogP) is 4.05. The Morgan fingerprint density at radius 2 is 1.81 bits per heavy atom. The van der Waals surface area contributed by atoms with Crippen LogP contribution < -0.4 is 4.43 Å². The number of rotatable bonds is 9. The molecule has 1 N–H and O–H groups in total. The van der Waals surface area contributed by atoms with E-state index in [0.29, 0.717) is 30.6 Å². The Hall–Kier alpha value is -2.31. The van der Waals surface area contributed by atoms with Gasteiger partial charge >= 0.3 is 5.97 Å². The van der Waals surface area contributed by atoms with E-state index in [1.165, 1.54) is 0 Å². The third-order valence-corrected chi connectivity index (χ3v) is 5.91. The number of ether oxygens (including phenoxy) is 2. The molecule has 6 heteroatoms. The molecule has 0 saturated carbocycles. The number of carbonyl (C=O) groups is 1. The normalized spacial score (nSPS) is 12.4. The average Bonchev–Trinajstić information content (AvgIpc) is 2.63. The molecule has 0 spiro atoms. The number of hydrogen-bond acceptors (Lipinski definition) is 5. The van der Waals surface area contributed by atoms with Crippen molar-refractivity contribution in [2.75, 3.05) is 19.9 Å². The molecule has 2 aromatic rings. The molecular formula is C21H28O5Si. The van der Waals surface area contributed by atoms with Crippen LogP contribution in [0.5, 0.6) is 11.5 Å². The van der Waals surface area contributed by atoms with Crippen molar-refractivity contribution >= 4 is 14.3 Å². The van der Waals surface area contributed by atoms with Gasteiger partial charge < -0.3 is 19.0 Å². The third kappa shape index (κ3) is 5.84. The van der Waals surface area contributed by atoms with Gasteiger partial charge in [0.1, 0.15) is 5.75 Å². The van der Waals surface area contributed by atoms with Crippen LogP contribution in [0.25, 0.3) is 0 Å². The molecule has 0 aromatic heterocycles. The van der Waals surface area contributed by atoms with Crippen LogP contribution in [0.2, 0.25) is 13.1 Å². The molecule has 2 rings (SSSR count). The highest BCUT2D eigenvalue weighted by Crippen LogP contribution is 2.35. The van der Waals surface area contributed by atoms with Gasteiger partial charge in [-0.3, -0.25) is 4.79 Å². The lowest BCUT2D eigenvalue weighted by molar-refractivity contribution is -0.144. The molecule has 27 heavy (non-hydrogen) atoms. The van der Waals surface area contributed by atoms with Gasteiger partial charge in [-0.1, -0.05) is 42.5 Å². The Morgan fingerprint density at radius 1 is 1.11 bits per heavy atom. The number of hydrogen-bond donors (Lipinski definition) is 1. The minimum absolute atomic E-state index is 0.0689. The van der Waals surface area contributed by atoms with Crippen molar-refractivity contribution in [2.24, 2.45) is 0 Å². The number of phenols is 1. The molecule has 5 nitrogen and oxygen atoms in total. The zero-order valence-corrected chi connectivity index (χ0v) is 17.4. The monoisotopic (exact) mass is 388 g/mol. The lowest BCUT2D eigenvalue weighted by Gasteiger charge is -2.25. The van der Waals surface area contributed by atoms with Gasteiger partial charge in [-0.15, -0.1) is 0 Å². The Morgan fingerprint density at radius 3 is 2.44 bits per heavy atom. The fraction of sp³-hybridized carbons (Fsp3) is 0.381. The number of methoxy groups -OCH3 is 1. The van der Waals surface area contributed by atoms with Crippen molar-refractivity contribution in [3.63, 3.8) is 0 Å². The van der Waals surface area contributed by atoms with E-state index in [9.17, 15) is 9.90 Å². The van der Waals surface area contributed by atoms with Crippen LogP contribution in [0, 0.1) is 0 Å². The second-order valence-corrected chi connectivity index (χ2v) is 11.0. The van der Waals surface area contributed by atoms with Gasteiger partial charge in [0.05, 0.1) is 18.8 Å². The van der Waals surface area contributed by atoms with Crippen molar-refractivity contribution in [2.45, 2.75) is 32.4 Å². The van der Waals surface area contributed by atoms with Gasteiger partial charge in [0, 0.05) is 7.11 Å². The topological polar surface area (TPSA) is 65.0 Å². The predicted molar refractivity (Wildman–Crippen MR) is 108 cm³/mol. The molecule has 0 heterocycles. The van der Waals surface area contributed by atoms with E-state index >= 15 is 0 Å². The highest BCUT2D eigenvalue weighted by Gasteiger charge is 2.28. The van der Waals surface area contributed by atoms with Crippen molar-refractivity contribution in [3.8, 4) is 11.5 Å². The fourth-order valence-corrected chi connectivity index (χ4v) is 4.49. The van der Waals surface area contributed by atoms with Gasteiger partial charge in [0.25, 0.3) is 8.32 Å². The molecule has 0 aliphatic rings. The van der Waals surface area contributed by atoms with E-state index in [-0.39, 0.29) is 11.7 Å². The van der Waals surface area contributed by atoms with Gasteiger partial charge in [0.2, 0.25) is 0 Å². The van der Waals surface area contributed by atoms with Crippen LogP contribution in [0.3, 0.4) is 0 Å². The Bertz CT molecular complexity index is 745. The summed E-state index contributed by atoms with van der Waals surface area (Å²) in [6, 6.07) is 14.9. The summed E-state index contributed by atoms with van der Waals surface area (Å²) >= 11 is 0. The molecule has 0 aliphatic heterocycles. The van der Waals surface area contributed by atoms with Gasteiger partial charge in [-0.25, -0.2) is 0 Å². The SMILES string of the molecule is CCOC(=O)C(Cc1cccc(O[Si](C)(C)COC)c1O)c1ccccc1. The molecule has 1 unspecified atom stereocenters. The molecule has 0 saturated heterocycles. The zero-order valence-electron chi connectivity index (χ0n) is 16.4. The first-order valence-corrected chi connectivity index (χ1v) is 12.2. The summed E-state index contributed by atoms with van der Waals surface area (Å²) in [6.07, 6.45) is 0.851. The van der Waals surface area contributed by atoms with E-state index in [4.69, 9.17) is 13.9 Å². The van der Waals surface area contributed by atoms with Gasteiger partial charge in [0.15, 0.2) is 5.75 Å². The highest BCUT2D eigenvalue weighted by molar-refractivity contribution is 6.71. The quantitative estimate of drug-likeness (QED) is 0.519. The second kappa shape index (κ2) is 9.57. The number of esters is 1. The third-order valence-electron chi connectivity index (χ3n) is 4.16. The minimum Gasteiger partial charge on any atom is -0.539 e. The summed E-state index contributed by atoms with van der Waals surface area (Å²) in [4.78, 5) is 12.5. The van der Waals surface area contributed by atoms with Crippen LogP contribution in [0.15, 0.2) is 48.5 Å². The fourth-order valence-electron chi connectivity index (χ4n) is 2.97. The van der Waals surface area contributed by atoms with Crippen molar-refractivity contribution in [3.05, 3.63) is 59.7 Å². The van der Waals surface area contributed by atoms with Gasteiger partial charge in [-0.05, 0) is 43.6 Å². The summed E-state index contributed by atoms with van der Waals surface area (Å²) in [6.45, 7) is 6.14. The van der Waals surface area contributed by atoms with E-state index in [0.717, 1.165) is 5.56 Å². The summed E-state index contributed by atoms with van der Waals surface area (Å²) in [7, 11) is -0.474. The molecule has 0 radical (unpaired) electrons. The summed E-state index contributed by atoms with van der Waals surface area (Å²) in [5, 5.41) is 10.7. The molecule has 0 aliphatic carbocycles. The van der Waals surface area contributed by atoms with Gasteiger partial charge in [-0.2, -0.15) is 0 Å². The number of carbonyl (C=O) groups excluding carboxylic acids is 1. The molecule has 0 amide bonds. The van der Waals surface area contributed by atoms with E-state index in [1.54, 1.807) is 20.1 Å².